The lowest BCUT2D eigenvalue weighted by Gasteiger charge is -2.13. The fourth-order valence-corrected chi connectivity index (χ4v) is 6.39. The highest BCUT2D eigenvalue weighted by atomic mass is 14.7. The summed E-state index contributed by atoms with van der Waals surface area (Å²) in [5.41, 5.74) is 9.04. The van der Waals surface area contributed by atoms with Crippen LogP contribution in [0.1, 0.15) is 25.0 Å². The van der Waals surface area contributed by atoms with Crippen molar-refractivity contribution in [2.75, 3.05) is 0 Å². The molecule has 2 nitrogen and oxygen atoms in total. The molecule has 0 bridgehead atoms. The second-order valence-electron chi connectivity index (χ2n) is 11.2. The van der Waals surface area contributed by atoms with Crippen LogP contribution in [0.3, 0.4) is 0 Å². The van der Waals surface area contributed by atoms with Crippen LogP contribution >= 0.6 is 0 Å². The van der Waals surface area contributed by atoms with Gasteiger partial charge in [0.25, 0.3) is 0 Å². The van der Waals surface area contributed by atoms with Gasteiger partial charge < -0.3 is 0 Å². The van der Waals surface area contributed by atoms with Crippen molar-refractivity contribution >= 4 is 54.1 Å². The molecular weight excluding hydrogens is 508 g/mol. The summed E-state index contributed by atoms with van der Waals surface area (Å²) in [6, 6.07) is 44.1. The van der Waals surface area contributed by atoms with Gasteiger partial charge in [0.2, 0.25) is 0 Å². The number of aromatic nitrogens is 2. The molecule has 6 aromatic carbocycles. The van der Waals surface area contributed by atoms with Gasteiger partial charge in [-0.25, -0.2) is 9.97 Å². The Morgan fingerprint density at radius 1 is 0.405 bits per heavy atom. The van der Waals surface area contributed by atoms with E-state index in [1.165, 1.54) is 54.2 Å². The fraction of sp³-hybridized carbons (Fsp3) is 0.100. The molecule has 0 N–H and O–H groups in total. The van der Waals surface area contributed by atoms with E-state index >= 15 is 0 Å². The largest absolute Gasteiger partial charge is 0.247 e. The van der Waals surface area contributed by atoms with Crippen LogP contribution in [0.5, 0.6) is 0 Å². The molecule has 2 aromatic heterocycles. The first-order chi connectivity index (χ1) is 20.7. The van der Waals surface area contributed by atoms with Gasteiger partial charge in [0.05, 0.1) is 22.4 Å². The van der Waals surface area contributed by atoms with Crippen LogP contribution in [-0.4, -0.2) is 9.97 Å². The summed E-state index contributed by atoms with van der Waals surface area (Å²) < 4.78 is 0. The van der Waals surface area contributed by atoms with E-state index in [0.29, 0.717) is 0 Å². The van der Waals surface area contributed by atoms with E-state index < -0.39 is 0 Å². The number of benzene rings is 6. The van der Waals surface area contributed by atoms with Crippen LogP contribution < -0.4 is 0 Å². The van der Waals surface area contributed by atoms with Gasteiger partial charge in [-0.15, -0.1) is 0 Å². The Balaban J connectivity index is 1.32. The molecule has 0 saturated carbocycles. The second-order valence-corrected chi connectivity index (χ2v) is 11.2. The maximum absolute atomic E-state index is 5.28. The molecule has 42 heavy (non-hydrogen) atoms. The van der Waals surface area contributed by atoms with Crippen molar-refractivity contribution in [1.82, 2.24) is 9.97 Å². The van der Waals surface area contributed by atoms with Crippen molar-refractivity contribution in [2.24, 2.45) is 0 Å². The second kappa shape index (κ2) is 9.78. The van der Waals surface area contributed by atoms with Gasteiger partial charge in [-0.05, 0) is 69.8 Å². The first-order valence-electron chi connectivity index (χ1n) is 14.9. The third-order valence-corrected chi connectivity index (χ3v) is 8.78. The number of nitrogens with zero attached hydrogens (tertiary/aromatic N) is 2. The zero-order chi connectivity index (χ0) is 28.2. The molecule has 0 aliphatic heterocycles. The minimum absolute atomic E-state index is 0.990. The lowest BCUT2D eigenvalue weighted by molar-refractivity contribution is 1.15. The van der Waals surface area contributed by atoms with Crippen molar-refractivity contribution in [3.05, 3.63) is 132 Å². The first-order valence-corrected chi connectivity index (χ1v) is 14.9. The molecule has 0 aliphatic rings. The highest BCUT2D eigenvalue weighted by molar-refractivity contribution is 6.10. The van der Waals surface area contributed by atoms with Crippen LogP contribution in [0.4, 0.5) is 0 Å². The molecule has 2 heterocycles. The van der Waals surface area contributed by atoms with E-state index in [4.69, 9.17) is 9.97 Å². The predicted octanol–water partition coefficient (Wildman–Crippen LogP) is 10.7. The lowest BCUT2D eigenvalue weighted by atomic mass is 9.94. The fourth-order valence-electron chi connectivity index (χ4n) is 6.39. The summed E-state index contributed by atoms with van der Waals surface area (Å²) in [5, 5.41) is 9.59. The van der Waals surface area contributed by atoms with E-state index in [-0.39, 0.29) is 0 Å². The summed E-state index contributed by atoms with van der Waals surface area (Å²) in [6.07, 6.45) is 2.02. The molecule has 0 radical (unpaired) electrons. The Hall–Kier alpha value is -5.08. The molecule has 2 heteroatoms. The number of hydrogen-bond donors (Lipinski definition) is 0. The van der Waals surface area contributed by atoms with E-state index in [1.807, 2.05) is 0 Å². The molecule has 0 atom stereocenters. The smallest absolute Gasteiger partial charge is 0.0787 e. The summed E-state index contributed by atoms with van der Waals surface area (Å²) >= 11 is 0. The maximum Gasteiger partial charge on any atom is 0.0787 e. The number of fused-ring (bicyclic) bond motifs is 7. The molecule has 0 spiro atoms. The molecule has 0 fully saturated rings. The van der Waals surface area contributed by atoms with E-state index in [1.54, 1.807) is 0 Å². The molecule has 200 valence electrons. The summed E-state index contributed by atoms with van der Waals surface area (Å²) in [5.74, 6) is 0. The third kappa shape index (κ3) is 3.94. The van der Waals surface area contributed by atoms with Crippen molar-refractivity contribution in [1.29, 1.82) is 0 Å². The van der Waals surface area contributed by atoms with Gasteiger partial charge in [-0.1, -0.05) is 111 Å². The van der Waals surface area contributed by atoms with Gasteiger partial charge in [0, 0.05) is 32.7 Å². The van der Waals surface area contributed by atoms with Crippen molar-refractivity contribution in [3.8, 4) is 22.5 Å². The van der Waals surface area contributed by atoms with Gasteiger partial charge in [-0.3, -0.25) is 0 Å². The zero-order valence-corrected chi connectivity index (χ0v) is 23.9. The summed E-state index contributed by atoms with van der Waals surface area (Å²) in [6.45, 7) is 4.41. The minimum Gasteiger partial charge on any atom is -0.247 e. The molecule has 0 saturated heterocycles. The molecule has 8 aromatic rings. The van der Waals surface area contributed by atoms with Gasteiger partial charge in [0.1, 0.15) is 0 Å². The van der Waals surface area contributed by atoms with Crippen LogP contribution in [0, 0.1) is 0 Å². The average Bonchev–Trinajstić information content (AvgIpc) is 3.06. The Labute approximate surface area is 245 Å². The lowest BCUT2D eigenvalue weighted by Crippen LogP contribution is -1.92. The molecule has 8 rings (SSSR count). The third-order valence-electron chi connectivity index (χ3n) is 8.78. The van der Waals surface area contributed by atoms with E-state index in [9.17, 15) is 0 Å². The Bertz CT molecular complexity index is 2170. The minimum atomic E-state index is 0.990. The summed E-state index contributed by atoms with van der Waals surface area (Å²) in [4.78, 5) is 10.6. The molecule has 0 amide bonds. The highest BCUT2D eigenvalue weighted by Gasteiger charge is 2.14. The van der Waals surface area contributed by atoms with Gasteiger partial charge >= 0.3 is 0 Å². The van der Waals surface area contributed by atoms with Crippen LogP contribution in [-0.2, 0) is 12.8 Å². The van der Waals surface area contributed by atoms with Crippen LogP contribution in [0.25, 0.3) is 76.6 Å². The average molecular weight is 539 g/mol. The molecule has 0 unspecified atom stereocenters. The van der Waals surface area contributed by atoms with Crippen LogP contribution in [0.15, 0.2) is 121 Å². The normalized spacial score (nSPS) is 11.8. The zero-order valence-electron chi connectivity index (χ0n) is 23.9. The Morgan fingerprint density at radius 2 is 0.810 bits per heavy atom. The monoisotopic (exact) mass is 538 g/mol. The molecular formula is C40H30N2. The predicted molar refractivity (Wildman–Crippen MR) is 179 cm³/mol. The SMILES string of the molecule is CCc1ccc2ccc3ccc(-c4ccc(-c5ccc6ccc7ccc(CC)cc7c6n5)c5ccccc45)nc3c2c1. The Morgan fingerprint density at radius 3 is 1.26 bits per heavy atom. The Kier molecular flexibility index (Phi) is 5.75. The van der Waals surface area contributed by atoms with E-state index in [2.05, 4.69) is 135 Å². The maximum atomic E-state index is 5.28. The number of hydrogen-bond acceptors (Lipinski definition) is 2. The van der Waals surface area contributed by atoms with Crippen molar-refractivity contribution in [2.45, 2.75) is 26.7 Å². The first kappa shape index (κ1) is 24.7. The summed E-state index contributed by atoms with van der Waals surface area (Å²) in [7, 11) is 0. The standard InChI is InChI=1S/C40H30N2/c1-3-25-9-11-27-13-15-29-17-21-37(41-39(29)35(27)23-25)33-19-20-34(32-8-6-5-7-31(32)33)38-22-18-30-16-14-28-12-10-26(4-2)24-36(28)40(30)42-38/h5-24H,3-4H2,1-2H3. The van der Waals surface area contributed by atoms with Gasteiger partial charge in [-0.2, -0.15) is 0 Å². The van der Waals surface area contributed by atoms with Crippen molar-refractivity contribution in [3.63, 3.8) is 0 Å². The molecule has 0 aliphatic carbocycles. The van der Waals surface area contributed by atoms with Crippen LogP contribution in [0.2, 0.25) is 0 Å². The topological polar surface area (TPSA) is 25.8 Å². The number of rotatable bonds is 4. The van der Waals surface area contributed by atoms with Crippen molar-refractivity contribution < 1.29 is 0 Å². The highest BCUT2D eigenvalue weighted by Crippen LogP contribution is 2.37. The van der Waals surface area contributed by atoms with E-state index in [0.717, 1.165) is 46.4 Å². The quantitative estimate of drug-likeness (QED) is 0.208. The number of pyridine rings is 2. The van der Waals surface area contributed by atoms with Gasteiger partial charge in [0.15, 0.2) is 0 Å². The number of aryl methyl sites for hydroxylation is 2.